The number of nitrogens with zero attached hydrogens (tertiary/aromatic N) is 1. The van der Waals surface area contributed by atoms with Crippen molar-refractivity contribution in [3.05, 3.63) is 0 Å². The van der Waals surface area contributed by atoms with Gasteiger partial charge in [-0.15, -0.1) is 0 Å². The van der Waals surface area contributed by atoms with Crippen LogP contribution >= 0.6 is 0 Å². The number of carbonyl (C=O) groups excluding carboxylic acids is 2. The van der Waals surface area contributed by atoms with Gasteiger partial charge in [0.25, 0.3) is 0 Å². The quantitative estimate of drug-likeness (QED) is 0.449. The summed E-state index contributed by atoms with van der Waals surface area (Å²) >= 11 is 0.281. The second-order valence-corrected chi connectivity index (χ2v) is 9.18. The van der Waals surface area contributed by atoms with Crippen LogP contribution in [0.5, 0.6) is 0 Å². The van der Waals surface area contributed by atoms with E-state index in [0.29, 0.717) is 10.7 Å². The standard InChI is InChI=1S/C14H23NO3Se/c1-14(2,3)13-15(8-16)10(12(17)18-4)11(19-13)9-6-5-7-9/h8-11,13H,5-7H2,1-4H3/t10-,11+,13+/m0/s1. The first-order valence-electron chi connectivity index (χ1n) is 6.86. The fourth-order valence-corrected chi connectivity index (χ4v) is 6.93. The molecule has 1 aliphatic heterocycles. The number of carbonyl (C=O) groups is 2. The van der Waals surface area contributed by atoms with E-state index in [-0.39, 0.29) is 37.3 Å². The summed E-state index contributed by atoms with van der Waals surface area (Å²) in [6, 6.07) is -0.350. The normalized spacial score (nSPS) is 32.0. The van der Waals surface area contributed by atoms with Crippen LogP contribution in [0.4, 0.5) is 0 Å². The van der Waals surface area contributed by atoms with E-state index < -0.39 is 0 Å². The second kappa shape index (κ2) is 5.45. The molecule has 2 aliphatic rings. The molecule has 1 saturated heterocycles. The van der Waals surface area contributed by atoms with E-state index in [1.54, 1.807) is 4.90 Å². The predicted molar refractivity (Wildman–Crippen MR) is 73.8 cm³/mol. The van der Waals surface area contributed by atoms with Gasteiger partial charge in [0.2, 0.25) is 0 Å². The Hall–Kier alpha value is -0.541. The SMILES string of the molecule is COC(=O)[C@@H]1[C@@H](C2CCC2)[Se][C@H](C(C)(C)C)N1C=O. The molecule has 108 valence electrons. The Kier molecular flexibility index (Phi) is 4.26. The van der Waals surface area contributed by atoms with Gasteiger partial charge in [0.05, 0.1) is 0 Å². The van der Waals surface area contributed by atoms with Crippen LogP contribution in [0.3, 0.4) is 0 Å². The van der Waals surface area contributed by atoms with Gasteiger partial charge in [0, 0.05) is 0 Å². The third kappa shape index (κ3) is 2.68. The van der Waals surface area contributed by atoms with E-state index in [1.807, 2.05) is 0 Å². The van der Waals surface area contributed by atoms with Crippen LogP contribution in [0, 0.1) is 11.3 Å². The maximum absolute atomic E-state index is 12.1. The van der Waals surface area contributed by atoms with Gasteiger partial charge < -0.3 is 0 Å². The molecule has 4 nitrogen and oxygen atoms in total. The maximum atomic E-state index is 12.1. The summed E-state index contributed by atoms with van der Waals surface area (Å²) in [6.07, 6.45) is 4.51. The molecule has 3 atom stereocenters. The predicted octanol–water partition coefficient (Wildman–Crippen LogP) is 1.66. The first-order chi connectivity index (χ1) is 8.90. The molecule has 2 fully saturated rings. The van der Waals surface area contributed by atoms with E-state index in [1.165, 1.54) is 26.4 Å². The van der Waals surface area contributed by atoms with Gasteiger partial charge in [-0.2, -0.15) is 0 Å². The molecule has 1 heterocycles. The molecule has 5 heteroatoms. The van der Waals surface area contributed by atoms with Crippen LogP contribution in [0.25, 0.3) is 0 Å². The van der Waals surface area contributed by atoms with Crippen molar-refractivity contribution < 1.29 is 14.3 Å². The Balaban J connectivity index is 2.27. The van der Waals surface area contributed by atoms with Crippen molar-refractivity contribution in [1.82, 2.24) is 4.90 Å². The molecular formula is C14H23NO3Se. The second-order valence-electron chi connectivity index (χ2n) is 6.53. The topological polar surface area (TPSA) is 46.6 Å². The van der Waals surface area contributed by atoms with E-state index >= 15 is 0 Å². The van der Waals surface area contributed by atoms with Crippen molar-refractivity contribution in [2.45, 2.75) is 55.8 Å². The van der Waals surface area contributed by atoms with Gasteiger partial charge >= 0.3 is 121 Å². The molecule has 0 N–H and O–H groups in total. The monoisotopic (exact) mass is 333 g/mol. The molecule has 1 saturated carbocycles. The molecule has 0 spiro atoms. The van der Waals surface area contributed by atoms with E-state index in [4.69, 9.17) is 4.74 Å². The van der Waals surface area contributed by atoms with Gasteiger partial charge in [-0.25, -0.2) is 0 Å². The Labute approximate surface area is 121 Å². The average molecular weight is 332 g/mol. The first-order valence-corrected chi connectivity index (χ1v) is 8.84. The fourth-order valence-electron chi connectivity index (χ4n) is 2.90. The number of amides is 1. The summed E-state index contributed by atoms with van der Waals surface area (Å²) in [5, 5.41) is 0. The zero-order valence-electron chi connectivity index (χ0n) is 12.1. The van der Waals surface area contributed by atoms with E-state index in [0.717, 1.165) is 6.41 Å². The number of hydrogen-bond acceptors (Lipinski definition) is 3. The van der Waals surface area contributed by atoms with Crippen molar-refractivity contribution in [3.8, 4) is 0 Å². The van der Waals surface area contributed by atoms with Crippen LogP contribution in [0.1, 0.15) is 40.0 Å². The third-order valence-electron chi connectivity index (χ3n) is 4.11. The molecule has 0 aromatic rings. The van der Waals surface area contributed by atoms with Crippen molar-refractivity contribution in [2.75, 3.05) is 7.11 Å². The Morgan fingerprint density at radius 2 is 2.00 bits per heavy atom. The number of methoxy groups -OCH3 is 1. The molecule has 1 amide bonds. The first kappa shape index (κ1) is 14.9. The van der Waals surface area contributed by atoms with Gasteiger partial charge in [-0.1, -0.05) is 0 Å². The summed E-state index contributed by atoms with van der Waals surface area (Å²) in [7, 11) is 1.42. The fraction of sp³-hybridized carbons (Fsp3) is 0.857. The van der Waals surface area contributed by atoms with Crippen molar-refractivity contribution in [3.63, 3.8) is 0 Å². The Morgan fingerprint density at radius 1 is 1.37 bits per heavy atom. The third-order valence-corrected chi connectivity index (χ3v) is 8.65. The summed E-state index contributed by atoms with van der Waals surface area (Å²) in [6.45, 7) is 6.44. The van der Waals surface area contributed by atoms with Crippen molar-refractivity contribution in [2.24, 2.45) is 11.3 Å². The molecule has 1 aliphatic carbocycles. The van der Waals surface area contributed by atoms with Gasteiger partial charge in [0.15, 0.2) is 0 Å². The van der Waals surface area contributed by atoms with Gasteiger partial charge in [0.1, 0.15) is 0 Å². The van der Waals surface area contributed by atoms with Crippen molar-refractivity contribution >= 4 is 27.3 Å². The molecule has 0 aromatic carbocycles. The van der Waals surface area contributed by atoms with Crippen LogP contribution in [0.2, 0.25) is 4.82 Å². The van der Waals surface area contributed by atoms with E-state index in [9.17, 15) is 9.59 Å². The van der Waals surface area contributed by atoms with Crippen LogP contribution in [0.15, 0.2) is 0 Å². The zero-order valence-corrected chi connectivity index (χ0v) is 13.8. The summed E-state index contributed by atoms with van der Waals surface area (Å²) < 4.78 is 4.95. The molecule has 19 heavy (non-hydrogen) atoms. The number of hydrogen-bond donors (Lipinski definition) is 0. The molecule has 0 aromatic heterocycles. The minimum atomic E-state index is -0.350. The van der Waals surface area contributed by atoms with Gasteiger partial charge in [-0.05, 0) is 0 Å². The minimum absolute atomic E-state index is 0.0195. The summed E-state index contributed by atoms with van der Waals surface area (Å²) in [5.41, 5.74) is 0.0195. The van der Waals surface area contributed by atoms with Crippen LogP contribution in [-0.2, 0) is 14.3 Å². The van der Waals surface area contributed by atoms with Crippen LogP contribution < -0.4 is 0 Å². The number of esters is 1. The Morgan fingerprint density at radius 3 is 2.37 bits per heavy atom. The number of ether oxygens (including phenoxy) is 1. The average Bonchev–Trinajstić information content (AvgIpc) is 2.64. The molecule has 0 radical (unpaired) electrons. The summed E-state index contributed by atoms with van der Waals surface area (Å²) in [4.78, 5) is 25.9. The molecule has 2 rings (SSSR count). The van der Waals surface area contributed by atoms with Gasteiger partial charge in [-0.3, -0.25) is 0 Å². The van der Waals surface area contributed by atoms with Crippen molar-refractivity contribution in [1.29, 1.82) is 0 Å². The molecule has 0 bridgehead atoms. The molecular weight excluding hydrogens is 309 g/mol. The van der Waals surface area contributed by atoms with Crippen LogP contribution in [-0.4, -0.2) is 50.3 Å². The zero-order chi connectivity index (χ0) is 14.2. The Bertz CT molecular complexity index is 362. The summed E-state index contributed by atoms with van der Waals surface area (Å²) in [5.74, 6) is 0.372. The van der Waals surface area contributed by atoms with E-state index in [2.05, 4.69) is 20.8 Å². The molecule has 0 unspecified atom stereocenters. The number of rotatable bonds is 3.